The fourth-order valence-corrected chi connectivity index (χ4v) is 4.16. The van der Waals surface area contributed by atoms with E-state index in [-0.39, 0.29) is 0 Å². The lowest BCUT2D eigenvalue weighted by molar-refractivity contribution is -0.137. The number of nitrogens with zero attached hydrogens (tertiary/aromatic N) is 4. The highest BCUT2D eigenvalue weighted by Crippen LogP contribution is 2.36. The first kappa shape index (κ1) is 20.7. The van der Waals surface area contributed by atoms with Gasteiger partial charge in [0.25, 0.3) is 0 Å². The lowest BCUT2D eigenvalue weighted by Gasteiger charge is -2.10. The Morgan fingerprint density at radius 1 is 1.23 bits per heavy atom. The number of nitrogens with one attached hydrogen (secondary N) is 1. The lowest BCUT2D eigenvalue weighted by Crippen LogP contribution is -2.12. The van der Waals surface area contributed by atoms with Gasteiger partial charge in [0.1, 0.15) is 29.7 Å². The molecular formula is C21H16F3N5OS. The third kappa shape index (κ3) is 4.18. The molecule has 0 amide bonds. The Kier molecular flexibility index (Phi) is 5.52. The monoisotopic (exact) mass is 443 g/mol. The molecule has 0 aliphatic rings. The summed E-state index contributed by atoms with van der Waals surface area (Å²) < 4.78 is 45.8. The van der Waals surface area contributed by atoms with Gasteiger partial charge in [0.15, 0.2) is 0 Å². The maximum atomic E-state index is 12.8. The fraction of sp³-hybridized carbons (Fsp3) is 0.190. The normalized spacial score (nSPS) is 11.5. The van der Waals surface area contributed by atoms with Crippen LogP contribution in [0.1, 0.15) is 11.3 Å². The highest BCUT2D eigenvalue weighted by Gasteiger charge is 2.31. The van der Waals surface area contributed by atoms with Gasteiger partial charge in [-0.15, -0.1) is 11.3 Å². The molecule has 0 saturated carbocycles. The largest absolute Gasteiger partial charge is 0.496 e. The van der Waals surface area contributed by atoms with E-state index in [1.807, 2.05) is 22.8 Å². The van der Waals surface area contributed by atoms with Crippen LogP contribution in [-0.4, -0.2) is 28.2 Å². The minimum Gasteiger partial charge on any atom is -0.496 e. The van der Waals surface area contributed by atoms with Crippen molar-refractivity contribution in [2.75, 3.05) is 19.0 Å². The molecule has 0 unspecified atom stereocenters. The van der Waals surface area contributed by atoms with Crippen LogP contribution < -0.4 is 10.1 Å². The van der Waals surface area contributed by atoms with E-state index < -0.39 is 11.7 Å². The molecule has 0 atom stereocenters. The van der Waals surface area contributed by atoms with Gasteiger partial charge in [-0.3, -0.25) is 0 Å². The summed E-state index contributed by atoms with van der Waals surface area (Å²) in [7, 11) is 1.58. The Morgan fingerprint density at radius 2 is 2.06 bits per heavy atom. The van der Waals surface area contributed by atoms with Crippen LogP contribution in [0.2, 0.25) is 0 Å². The van der Waals surface area contributed by atoms with Crippen LogP contribution >= 0.6 is 11.3 Å². The van der Waals surface area contributed by atoms with E-state index >= 15 is 0 Å². The van der Waals surface area contributed by atoms with Gasteiger partial charge in [-0.1, -0.05) is 6.07 Å². The molecule has 10 heteroatoms. The van der Waals surface area contributed by atoms with E-state index in [0.717, 1.165) is 33.7 Å². The summed E-state index contributed by atoms with van der Waals surface area (Å²) in [5, 5.41) is 14.6. The van der Waals surface area contributed by atoms with Crippen molar-refractivity contribution in [1.82, 2.24) is 14.5 Å². The minimum absolute atomic E-state index is 0.409. The molecule has 31 heavy (non-hydrogen) atoms. The molecule has 6 nitrogen and oxygen atoms in total. The number of halogens is 3. The number of benzene rings is 1. The third-order valence-corrected chi connectivity index (χ3v) is 5.68. The van der Waals surface area contributed by atoms with Gasteiger partial charge in [0.05, 0.1) is 28.8 Å². The number of nitriles is 1. The molecule has 0 bridgehead atoms. The Balaban J connectivity index is 1.51. The van der Waals surface area contributed by atoms with Crippen LogP contribution in [0.5, 0.6) is 5.75 Å². The quantitative estimate of drug-likeness (QED) is 0.445. The predicted octanol–water partition coefficient (Wildman–Crippen LogP) is 5.17. The molecule has 0 aliphatic heterocycles. The summed E-state index contributed by atoms with van der Waals surface area (Å²) in [5.41, 5.74) is 1.09. The molecule has 4 aromatic rings. The van der Waals surface area contributed by atoms with Gasteiger partial charge < -0.3 is 14.6 Å². The van der Waals surface area contributed by atoms with Crippen LogP contribution in [0.3, 0.4) is 0 Å². The van der Waals surface area contributed by atoms with Crippen LogP contribution in [0.25, 0.3) is 21.5 Å². The number of methoxy groups -OCH3 is 1. The average Bonchev–Trinajstić information content (AvgIpc) is 3.39. The highest BCUT2D eigenvalue weighted by atomic mass is 32.1. The SMILES string of the molecule is COc1cccc2c1cc(C#N)n2CCNc1cc(-c2cc(C(F)(F)F)cs2)ncn1. The maximum Gasteiger partial charge on any atom is 0.417 e. The van der Waals surface area contributed by atoms with Crippen molar-refractivity contribution in [3.05, 3.63) is 59.4 Å². The molecule has 3 aromatic heterocycles. The van der Waals surface area contributed by atoms with Gasteiger partial charge in [0.2, 0.25) is 0 Å². The summed E-state index contributed by atoms with van der Waals surface area (Å²) in [6.45, 7) is 0.931. The summed E-state index contributed by atoms with van der Waals surface area (Å²) in [6.07, 6.45) is -3.08. The standard InChI is InChI=1S/C21H16F3N5OS/c1-30-18-4-2-3-17-15(18)8-14(10-25)29(17)6-5-26-20-9-16(27-12-28-20)19-7-13(11-31-19)21(22,23)24/h2-4,7-9,11-12H,5-6H2,1H3,(H,26,27,28). The first-order chi connectivity index (χ1) is 14.9. The molecule has 1 aromatic carbocycles. The predicted molar refractivity (Wildman–Crippen MR) is 112 cm³/mol. The Hall–Kier alpha value is -3.58. The Bertz CT molecular complexity index is 1270. The van der Waals surface area contributed by atoms with Crippen molar-refractivity contribution in [2.45, 2.75) is 12.7 Å². The van der Waals surface area contributed by atoms with Crippen molar-refractivity contribution < 1.29 is 17.9 Å². The molecule has 0 spiro atoms. The Labute approximate surface area is 179 Å². The maximum absolute atomic E-state index is 12.8. The average molecular weight is 443 g/mol. The van der Waals surface area contributed by atoms with Gasteiger partial charge in [-0.25, -0.2) is 9.97 Å². The second kappa shape index (κ2) is 8.28. The summed E-state index contributed by atoms with van der Waals surface area (Å²) in [4.78, 5) is 8.63. The molecule has 3 heterocycles. The molecule has 0 aliphatic carbocycles. The van der Waals surface area contributed by atoms with Crippen LogP contribution in [0, 0.1) is 11.3 Å². The van der Waals surface area contributed by atoms with E-state index in [2.05, 4.69) is 21.4 Å². The summed E-state index contributed by atoms with van der Waals surface area (Å²) >= 11 is 0.980. The zero-order valence-electron chi connectivity index (χ0n) is 16.3. The summed E-state index contributed by atoms with van der Waals surface area (Å²) in [5.74, 6) is 1.18. The number of hydrogen-bond acceptors (Lipinski definition) is 6. The highest BCUT2D eigenvalue weighted by molar-refractivity contribution is 7.13. The van der Waals surface area contributed by atoms with Gasteiger partial charge in [0, 0.05) is 29.9 Å². The Morgan fingerprint density at radius 3 is 2.77 bits per heavy atom. The lowest BCUT2D eigenvalue weighted by atomic mass is 10.2. The van der Waals surface area contributed by atoms with Crippen molar-refractivity contribution in [1.29, 1.82) is 5.26 Å². The van der Waals surface area contributed by atoms with Gasteiger partial charge in [-0.2, -0.15) is 18.4 Å². The number of alkyl halides is 3. The number of fused-ring (bicyclic) bond motifs is 1. The topological polar surface area (TPSA) is 75.8 Å². The molecular weight excluding hydrogens is 427 g/mol. The van der Waals surface area contributed by atoms with Crippen LogP contribution in [0.4, 0.5) is 19.0 Å². The van der Waals surface area contributed by atoms with E-state index in [0.29, 0.717) is 40.9 Å². The van der Waals surface area contributed by atoms with E-state index in [1.165, 1.54) is 6.33 Å². The number of ether oxygens (including phenoxy) is 1. The molecule has 0 saturated heterocycles. The number of anilines is 1. The van der Waals surface area contributed by atoms with Crippen LogP contribution in [0.15, 0.2) is 48.1 Å². The second-order valence-electron chi connectivity index (χ2n) is 6.60. The van der Waals surface area contributed by atoms with E-state index in [4.69, 9.17) is 4.74 Å². The van der Waals surface area contributed by atoms with E-state index in [9.17, 15) is 18.4 Å². The number of thiophene rings is 1. The molecule has 0 radical (unpaired) electrons. The van der Waals surface area contributed by atoms with Crippen LogP contribution in [-0.2, 0) is 12.7 Å². The van der Waals surface area contributed by atoms with Gasteiger partial charge >= 0.3 is 6.18 Å². The summed E-state index contributed by atoms with van der Waals surface area (Å²) in [6, 6.07) is 12.3. The third-order valence-electron chi connectivity index (χ3n) is 4.73. The fourth-order valence-electron chi connectivity index (χ4n) is 3.27. The molecule has 158 valence electrons. The zero-order chi connectivity index (χ0) is 22.0. The van der Waals surface area contributed by atoms with Crippen molar-refractivity contribution in [3.63, 3.8) is 0 Å². The number of hydrogen-bond donors (Lipinski definition) is 1. The number of aromatic nitrogens is 3. The first-order valence-electron chi connectivity index (χ1n) is 9.19. The number of rotatable bonds is 6. The van der Waals surface area contributed by atoms with Crippen molar-refractivity contribution in [2.24, 2.45) is 0 Å². The van der Waals surface area contributed by atoms with Gasteiger partial charge in [-0.05, 0) is 24.3 Å². The molecule has 4 rings (SSSR count). The first-order valence-corrected chi connectivity index (χ1v) is 10.1. The zero-order valence-corrected chi connectivity index (χ0v) is 17.1. The molecule has 0 fully saturated rings. The molecule has 1 N–H and O–H groups in total. The smallest absolute Gasteiger partial charge is 0.417 e. The second-order valence-corrected chi connectivity index (χ2v) is 7.51. The van der Waals surface area contributed by atoms with Crippen molar-refractivity contribution in [3.8, 4) is 22.4 Å². The minimum atomic E-state index is -4.39. The van der Waals surface area contributed by atoms with E-state index in [1.54, 1.807) is 19.2 Å². The van der Waals surface area contributed by atoms with Crippen molar-refractivity contribution >= 4 is 28.1 Å².